The van der Waals surface area contributed by atoms with Crippen LogP contribution in [0.4, 0.5) is 8.78 Å². The summed E-state index contributed by atoms with van der Waals surface area (Å²) in [5, 5.41) is 0.713. The molecule has 0 unspecified atom stereocenters. The minimum absolute atomic E-state index is 0.0465. The van der Waals surface area contributed by atoms with Crippen LogP contribution in [0.25, 0.3) is 11.1 Å². The molecule has 0 aliphatic heterocycles. The first-order valence-electron chi connectivity index (χ1n) is 10.9. The maximum absolute atomic E-state index is 14.7. The Balaban J connectivity index is 1.41. The van der Waals surface area contributed by atoms with E-state index in [-0.39, 0.29) is 11.5 Å². The van der Waals surface area contributed by atoms with Crippen molar-refractivity contribution in [3.63, 3.8) is 0 Å². The predicted octanol–water partition coefficient (Wildman–Crippen LogP) is 8.42. The molecule has 0 aromatic heterocycles. The monoisotopic (exact) mass is 446 g/mol. The summed E-state index contributed by atoms with van der Waals surface area (Å²) in [5.74, 6) is -0.869. The van der Waals surface area contributed by atoms with E-state index in [2.05, 4.69) is 24.3 Å². The van der Waals surface area contributed by atoms with Crippen molar-refractivity contribution in [3.05, 3.63) is 130 Å². The van der Waals surface area contributed by atoms with Gasteiger partial charge in [-0.1, -0.05) is 85.3 Å². The van der Waals surface area contributed by atoms with Gasteiger partial charge in [-0.2, -0.15) is 0 Å². The Labute approximate surface area is 193 Å². The molecule has 4 aromatic rings. The lowest BCUT2D eigenvalue weighted by molar-refractivity contribution is 0.540. The van der Waals surface area contributed by atoms with Crippen molar-refractivity contribution in [2.45, 2.75) is 32.1 Å². The zero-order valence-electron chi connectivity index (χ0n) is 18.0. The molecule has 0 saturated carbocycles. The Kier molecular flexibility index (Phi) is 7.02. The van der Waals surface area contributed by atoms with Crippen molar-refractivity contribution < 1.29 is 8.78 Å². The number of hydrogen-bond acceptors (Lipinski definition) is 0. The van der Waals surface area contributed by atoms with Gasteiger partial charge in [-0.25, -0.2) is 8.78 Å². The number of benzene rings is 4. The van der Waals surface area contributed by atoms with Gasteiger partial charge in [0.1, 0.15) is 11.6 Å². The van der Waals surface area contributed by atoms with E-state index in [9.17, 15) is 8.78 Å². The van der Waals surface area contributed by atoms with E-state index >= 15 is 0 Å². The van der Waals surface area contributed by atoms with E-state index in [1.54, 1.807) is 0 Å². The molecule has 1 atom stereocenters. The van der Waals surface area contributed by atoms with Gasteiger partial charge < -0.3 is 0 Å². The fourth-order valence-electron chi connectivity index (χ4n) is 4.00. The molecule has 0 aliphatic rings. The fraction of sp³-hybridized carbons (Fsp3) is 0.172. The Morgan fingerprint density at radius 3 is 1.81 bits per heavy atom. The minimum atomic E-state index is -0.458. The van der Waals surface area contributed by atoms with Crippen molar-refractivity contribution in [3.8, 4) is 11.1 Å². The van der Waals surface area contributed by atoms with Gasteiger partial charge in [0.05, 0.1) is 0 Å². The standard InChI is InChI=1S/C29H25ClF2/c1-20(23-5-3-2-4-6-23)17-27-28(31)18-22(19-29(27)32)8-7-21-9-11-24(12-10-21)25-13-15-26(30)16-14-25/h2-6,9-16,18-20H,7-8,17H2,1H3/t20-/m0/s1. The van der Waals surface area contributed by atoms with Crippen molar-refractivity contribution in [1.29, 1.82) is 0 Å². The predicted molar refractivity (Wildman–Crippen MR) is 129 cm³/mol. The second kappa shape index (κ2) is 10.1. The average Bonchev–Trinajstić information content (AvgIpc) is 2.81. The van der Waals surface area contributed by atoms with Gasteiger partial charge in [-0.3, -0.25) is 0 Å². The first kappa shape index (κ1) is 22.2. The topological polar surface area (TPSA) is 0 Å². The molecule has 0 amide bonds. The van der Waals surface area contributed by atoms with Gasteiger partial charge in [-0.15, -0.1) is 0 Å². The molecule has 0 nitrogen and oxygen atoms in total. The van der Waals surface area contributed by atoms with Gasteiger partial charge in [0.15, 0.2) is 0 Å². The smallest absolute Gasteiger partial charge is 0.129 e. The zero-order chi connectivity index (χ0) is 22.5. The SMILES string of the molecule is C[C@@H](Cc1c(F)cc(CCc2ccc(-c3ccc(Cl)cc3)cc2)cc1F)c1ccccc1. The Morgan fingerprint density at radius 1 is 0.688 bits per heavy atom. The molecule has 0 radical (unpaired) electrons. The highest BCUT2D eigenvalue weighted by Gasteiger charge is 2.15. The molecule has 32 heavy (non-hydrogen) atoms. The van der Waals surface area contributed by atoms with E-state index in [0.29, 0.717) is 23.4 Å². The Morgan fingerprint density at radius 2 is 1.22 bits per heavy atom. The highest BCUT2D eigenvalue weighted by atomic mass is 35.5. The first-order chi connectivity index (χ1) is 15.5. The molecule has 0 saturated heterocycles. The lowest BCUT2D eigenvalue weighted by Crippen LogP contribution is -2.05. The lowest BCUT2D eigenvalue weighted by Gasteiger charge is -2.14. The summed E-state index contributed by atoms with van der Waals surface area (Å²) in [6.45, 7) is 2.00. The van der Waals surface area contributed by atoms with Gasteiger partial charge >= 0.3 is 0 Å². The summed E-state index contributed by atoms with van der Waals surface area (Å²) in [4.78, 5) is 0. The van der Waals surface area contributed by atoms with Crippen LogP contribution in [0.3, 0.4) is 0 Å². The molecule has 0 heterocycles. The normalized spacial score (nSPS) is 12.0. The molecule has 0 fully saturated rings. The molecule has 162 valence electrons. The van der Waals surface area contributed by atoms with Crippen molar-refractivity contribution in [1.82, 2.24) is 0 Å². The fourth-order valence-corrected chi connectivity index (χ4v) is 4.12. The van der Waals surface area contributed by atoms with Crippen LogP contribution in [0.2, 0.25) is 5.02 Å². The third-order valence-corrected chi connectivity index (χ3v) is 6.17. The van der Waals surface area contributed by atoms with Crippen LogP contribution < -0.4 is 0 Å². The second-order valence-electron chi connectivity index (χ2n) is 8.26. The Hall–Kier alpha value is -2.97. The maximum atomic E-state index is 14.7. The van der Waals surface area contributed by atoms with Crippen LogP contribution in [0.15, 0.2) is 91.0 Å². The van der Waals surface area contributed by atoms with Crippen LogP contribution >= 0.6 is 11.6 Å². The van der Waals surface area contributed by atoms with Crippen molar-refractivity contribution >= 4 is 11.6 Å². The van der Waals surface area contributed by atoms with Crippen LogP contribution in [-0.4, -0.2) is 0 Å². The average molecular weight is 447 g/mol. The van der Waals surface area contributed by atoms with Crippen LogP contribution in [0.1, 0.15) is 35.1 Å². The van der Waals surface area contributed by atoms with Crippen LogP contribution in [0.5, 0.6) is 0 Å². The summed E-state index contributed by atoms with van der Waals surface area (Å²) < 4.78 is 29.5. The third-order valence-electron chi connectivity index (χ3n) is 5.91. The largest absolute Gasteiger partial charge is 0.207 e. The van der Waals surface area contributed by atoms with E-state index < -0.39 is 11.6 Å². The molecule has 0 bridgehead atoms. The van der Waals surface area contributed by atoms with E-state index in [1.165, 1.54) is 12.1 Å². The quantitative estimate of drug-likeness (QED) is 0.267. The van der Waals surface area contributed by atoms with Crippen molar-refractivity contribution in [2.75, 3.05) is 0 Å². The van der Waals surface area contributed by atoms with E-state index in [1.807, 2.05) is 61.5 Å². The third kappa shape index (κ3) is 5.44. The van der Waals surface area contributed by atoms with Crippen LogP contribution in [0, 0.1) is 11.6 Å². The summed E-state index contributed by atoms with van der Waals surface area (Å²) >= 11 is 5.96. The zero-order valence-corrected chi connectivity index (χ0v) is 18.7. The molecule has 3 heteroatoms. The second-order valence-corrected chi connectivity index (χ2v) is 8.69. The summed E-state index contributed by atoms with van der Waals surface area (Å²) in [6, 6.07) is 28.8. The summed E-state index contributed by atoms with van der Waals surface area (Å²) in [7, 11) is 0. The molecule has 0 spiro atoms. The summed E-state index contributed by atoms with van der Waals surface area (Å²) in [5.41, 5.74) is 5.27. The molecule has 0 N–H and O–H groups in total. The van der Waals surface area contributed by atoms with Gasteiger partial charge in [0, 0.05) is 10.6 Å². The molecular formula is C29H25ClF2. The molecule has 0 aliphatic carbocycles. The Bertz CT molecular complexity index is 1140. The van der Waals surface area contributed by atoms with Crippen LogP contribution in [-0.2, 0) is 19.3 Å². The molecular weight excluding hydrogens is 422 g/mol. The van der Waals surface area contributed by atoms with E-state index in [0.717, 1.165) is 28.7 Å². The number of halogens is 3. The van der Waals surface area contributed by atoms with Crippen molar-refractivity contribution in [2.24, 2.45) is 0 Å². The number of aryl methyl sites for hydroxylation is 2. The minimum Gasteiger partial charge on any atom is -0.207 e. The van der Waals surface area contributed by atoms with Gasteiger partial charge in [0.25, 0.3) is 0 Å². The summed E-state index contributed by atoms with van der Waals surface area (Å²) in [6.07, 6.45) is 1.65. The number of rotatable bonds is 7. The molecule has 4 aromatic carbocycles. The van der Waals surface area contributed by atoms with Gasteiger partial charge in [0.2, 0.25) is 0 Å². The lowest BCUT2D eigenvalue weighted by atomic mass is 9.92. The van der Waals surface area contributed by atoms with E-state index in [4.69, 9.17) is 11.6 Å². The van der Waals surface area contributed by atoms with Gasteiger partial charge in [-0.05, 0) is 77.3 Å². The highest BCUT2D eigenvalue weighted by Crippen LogP contribution is 2.26. The molecule has 4 rings (SSSR count). The highest BCUT2D eigenvalue weighted by molar-refractivity contribution is 6.30. The maximum Gasteiger partial charge on any atom is 0.129 e. The first-order valence-corrected chi connectivity index (χ1v) is 11.2. The number of hydrogen-bond donors (Lipinski definition) is 0.